The Morgan fingerprint density at radius 1 is 0.964 bits per heavy atom. The highest BCUT2D eigenvalue weighted by Gasteiger charge is 2.14. The number of hydrogen-bond acceptors (Lipinski definition) is 5. The fourth-order valence-electron chi connectivity index (χ4n) is 2.07. The van der Waals surface area contributed by atoms with Gasteiger partial charge in [-0.3, -0.25) is 25.8 Å². The fourth-order valence-corrected chi connectivity index (χ4v) is 2.21. The Labute approximate surface area is 169 Å². The van der Waals surface area contributed by atoms with Gasteiger partial charge in [0.2, 0.25) is 0 Å². The summed E-state index contributed by atoms with van der Waals surface area (Å²) < 4.78 is 11.0. The maximum absolute atomic E-state index is 12.4. The van der Waals surface area contributed by atoms with E-state index in [1.165, 1.54) is 0 Å². The van der Waals surface area contributed by atoms with Crippen molar-refractivity contribution in [2.24, 2.45) is 5.92 Å². The first-order valence-electron chi connectivity index (χ1n) is 8.75. The second-order valence-corrected chi connectivity index (χ2v) is 6.67. The normalized spacial score (nSPS) is 10.1. The number of nitrogens with one attached hydrogen (secondary N) is 3. The highest BCUT2D eigenvalue weighted by atomic mass is 32.1. The van der Waals surface area contributed by atoms with Gasteiger partial charge >= 0.3 is 0 Å². The van der Waals surface area contributed by atoms with Crippen molar-refractivity contribution in [1.82, 2.24) is 16.2 Å². The average Bonchev–Trinajstić information content (AvgIpc) is 2.70. The van der Waals surface area contributed by atoms with Crippen molar-refractivity contribution in [3.63, 3.8) is 0 Å². The van der Waals surface area contributed by atoms with Crippen LogP contribution in [0.4, 0.5) is 0 Å². The molecule has 148 valence electrons. The molecule has 0 bridgehead atoms. The molecule has 0 aromatic heterocycles. The Morgan fingerprint density at radius 3 is 2.36 bits per heavy atom. The monoisotopic (exact) mass is 401 g/mol. The summed E-state index contributed by atoms with van der Waals surface area (Å²) in [5, 5.41) is 2.45. The summed E-state index contributed by atoms with van der Waals surface area (Å²) in [6.45, 7) is 4.34. The van der Waals surface area contributed by atoms with E-state index < -0.39 is 11.8 Å². The highest BCUT2D eigenvalue weighted by Crippen LogP contribution is 2.18. The van der Waals surface area contributed by atoms with E-state index in [1.807, 2.05) is 19.9 Å². The first-order chi connectivity index (χ1) is 13.5. The third-order valence-electron chi connectivity index (χ3n) is 3.36. The van der Waals surface area contributed by atoms with Gasteiger partial charge in [0, 0.05) is 0 Å². The van der Waals surface area contributed by atoms with E-state index in [-0.39, 0.29) is 11.7 Å². The topological polar surface area (TPSA) is 88.7 Å². The summed E-state index contributed by atoms with van der Waals surface area (Å²) >= 11 is 5.04. The predicted octanol–water partition coefficient (Wildman–Crippen LogP) is 2.44. The van der Waals surface area contributed by atoms with Crippen molar-refractivity contribution in [2.45, 2.75) is 13.8 Å². The number of benzene rings is 2. The lowest BCUT2D eigenvalue weighted by Crippen LogP contribution is -2.49. The van der Waals surface area contributed by atoms with Crippen LogP contribution >= 0.6 is 12.2 Å². The van der Waals surface area contributed by atoms with Gasteiger partial charge in [-0.25, -0.2) is 0 Å². The molecular formula is C20H23N3O4S. The molecule has 0 atom stereocenters. The molecule has 2 amide bonds. The van der Waals surface area contributed by atoms with Gasteiger partial charge in [0.05, 0.1) is 12.2 Å². The first kappa shape index (κ1) is 21.2. The number of ether oxygens (including phenoxy) is 2. The molecule has 2 aromatic rings. The van der Waals surface area contributed by atoms with Gasteiger partial charge in [-0.05, 0) is 42.4 Å². The summed E-state index contributed by atoms with van der Waals surface area (Å²) in [5.41, 5.74) is 5.18. The van der Waals surface area contributed by atoms with Crippen LogP contribution in [0.1, 0.15) is 24.2 Å². The lowest BCUT2D eigenvalue weighted by Gasteiger charge is -2.14. The molecule has 0 unspecified atom stereocenters. The SMILES string of the molecule is CC(C)COc1ccccc1C(=O)NC(=S)NNC(=O)COc1ccccc1. The van der Waals surface area contributed by atoms with Gasteiger partial charge in [-0.15, -0.1) is 0 Å². The van der Waals surface area contributed by atoms with Gasteiger partial charge in [-0.2, -0.15) is 0 Å². The minimum Gasteiger partial charge on any atom is -0.492 e. The molecule has 0 aliphatic heterocycles. The second kappa shape index (κ2) is 10.9. The molecule has 28 heavy (non-hydrogen) atoms. The minimum atomic E-state index is -0.443. The van der Waals surface area contributed by atoms with Gasteiger partial charge in [0.1, 0.15) is 11.5 Å². The lowest BCUT2D eigenvalue weighted by molar-refractivity contribution is -0.123. The molecule has 7 nitrogen and oxygen atoms in total. The van der Waals surface area contributed by atoms with Crippen molar-refractivity contribution >= 4 is 29.1 Å². The first-order valence-corrected chi connectivity index (χ1v) is 9.16. The summed E-state index contributed by atoms with van der Waals surface area (Å²) in [6, 6.07) is 15.8. The number of para-hydroxylation sites is 2. The van der Waals surface area contributed by atoms with Crippen molar-refractivity contribution < 1.29 is 19.1 Å². The van der Waals surface area contributed by atoms with Gasteiger partial charge in [0.15, 0.2) is 11.7 Å². The van der Waals surface area contributed by atoms with Crippen molar-refractivity contribution in [3.05, 3.63) is 60.2 Å². The molecule has 0 aliphatic carbocycles. The molecule has 2 aromatic carbocycles. The van der Waals surface area contributed by atoms with E-state index >= 15 is 0 Å². The Kier molecular flexibility index (Phi) is 8.23. The molecule has 0 heterocycles. The lowest BCUT2D eigenvalue weighted by atomic mass is 10.2. The minimum absolute atomic E-state index is 0.0447. The summed E-state index contributed by atoms with van der Waals surface area (Å²) in [4.78, 5) is 24.2. The fraction of sp³-hybridized carbons (Fsp3) is 0.250. The van der Waals surface area contributed by atoms with Crippen molar-refractivity contribution in [1.29, 1.82) is 0 Å². The summed E-state index contributed by atoms with van der Waals surface area (Å²) in [5.74, 6) is 0.489. The zero-order valence-corrected chi connectivity index (χ0v) is 16.5. The number of carbonyl (C=O) groups is 2. The molecule has 0 fully saturated rings. The van der Waals surface area contributed by atoms with Crippen LogP contribution in [0.25, 0.3) is 0 Å². The molecule has 3 N–H and O–H groups in total. The van der Waals surface area contributed by atoms with Crippen molar-refractivity contribution in [2.75, 3.05) is 13.2 Å². The smallest absolute Gasteiger partial charge is 0.276 e. The molecular weight excluding hydrogens is 378 g/mol. The number of thiocarbonyl (C=S) groups is 1. The molecule has 0 spiro atoms. The van der Waals surface area contributed by atoms with E-state index in [0.29, 0.717) is 29.6 Å². The largest absolute Gasteiger partial charge is 0.492 e. The van der Waals surface area contributed by atoms with Gasteiger partial charge in [-0.1, -0.05) is 44.2 Å². The zero-order chi connectivity index (χ0) is 20.4. The molecule has 0 radical (unpaired) electrons. The van der Waals surface area contributed by atoms with Crippen molar-refractivity contribution in [3.8, 4) is 11.5 Å². The van der Waals surface area contributed by atoms with Crippen LogP contribution in [0, 0.1) is 5.92 Å². The van der Waals surface area contributed by atoms with E-state index in [2.05, 4.69) is 16.2 Å². The van der Waals surface area contributed by atoms with E-state index in [1.54, 1.807) is 48.5 Å². The Bertz CT molecular complexity index is 812. The zero-order valence-electron chi connectivity index (χ0n) is 15.7. The van der Waals surface area contributed by atoms with E-state index in [0.717, 1.165) is 0 Å². The summed E-state index contributed by atoms with van der Waals surface area (Å²) in [7, 11) is 0. The predicted molar refractivity (Wildman–Crippen MR) is 110 cm³/mol. The van der Waals surface area contributed by atoms with Gasteiger partial charge < -0.3 is 9.47 Å². The summed E-state index contributed by atoms with van der Waals surface area (Å²) in [6.07, 6.45) is 0. The molecule has 0 saturated heterocycles. The second-order valence-electron chi connectivity index (χ2n) is 6.26. The van der Waals surface area contributed by atoms with Crippen LogP contribution in [0.2, 0.25) is 0 Å². The molecule has 8 heteroatoms. The maximum Gasteiger partial charge on any atom is 0.276 e. The average molecular weight is 401 g/mol. The third kappa shape index (κ3) is 7.24. The Hall–Kier alpha value is -3.13. The Balaban J connectivity index is 1.79. The molecule has 0 aliphatic rings. The number of hydrazine groups is 1. The van der Waals surface area contributed by atoms with Crippen LogP contribution in [-0.2, 0) is 4.79 Å². The van der Waals surface area contributed by atoms with E-state index in [9.17, 15) is 9.59 Å². The number of carbonyl (C=O) groups excluding carboxylic acids is 2. The number of amides is 2. The number of rotatable bonds is 7. The standard InChI is InChI=1S/C20H23N3O4S/c1-14(2)12-27-17-11-7-6-10-16(17)19(25)21-20(28)23-22-18(24)13-26-15-8-4-3-5-9-15/h3-11,14H,12-13H2,1-2H3,(H,22,24)(H2,21,23,25,28). The quantitative estimate of drug-likeness (QED) is 0.488. The van der Waals surface area contributed by atoms with Crippen LogP contribution in [0.3, 0.4) is 0 Å². The Morgan fingerprint density at radius 2 is 1.64 bits per heavy atom. The van der Waals surface area contributed by atoms with Gasteiger partial charge in [0.25, 0.3) is 11.8 Å². The van der Waals surface area contributed by atoms with Crippen LogP contribution in [-0.4, -0.2) is 30.1 Å². The van der Waals surface area contributed by atoms with Crippen LogP contribution in [0.5, 0.6) is 11.5 Å². The molecule has 0 saturated carbocycles. The van der Waals surface area contributed by atoms with Crippen LogP contribution < -0.4 is 25.6 Å². The number of hydrogen-bond donors (Lipinski definition) is 3. The van der Waals surface area contributed by atoms with E-state index in [4.69, 9.17) is 21.7 Å². The maximum atomic E-state index is 12.4. The van der Waals surface area contributed by atoms with Crippen LogP contribution in [0.15, 0.2) is 54.6 Å². The highest BCUT2D eigenvalue weighted by molar-refractivity contribution is 7.80. The third-order valence-corrected chi connectivity index (χ3v) is 3.56. The molecule has 2 rings (SSSR count).